The van der Waals surface area contributed by atoms with Crippen LogP contribution in [0.15, 0.2) is 11.6 Å². The third-order valence-corrected chi connectivity index (χ3v) is 10.7. The van der Waals surface area contributed by atoms with Crippen molar-refractivity contribution >= 4 is 11.8 Å². The van der Waals surface area contributed by atoms with Crippen molar-refractivity contribution < 1.29 is 29.6 Å². The predicted octanol–water partition coefficient (Wildman–Crippen LogP) is 4.34. The minimum atomic E-state index is -1.05. The number of ether oxygens (including phenoxy) is 1. The number of carbonyl (C=O) groups is 2. The van der Waals surface area contributed by atoms with Crippen LogP contribution in [0.25, 0.3) is 0 Å². The molecule has 3 N–H and O–H groups in total. The Balaban J connectivity index is 1.64. The fraction of sp³-hybridized carbons (Fsp3) is 0.862. The van der Waals surface area contributed by atoms with E-state index in [2.05, 4.69) is 20.8 Å². The first-order chi connectivity index (χ1) is 16.1. The summed E-state index contributed by atoms with van der Waals surface area (Å²) >= 11 is 0. The van der Waals surface area contributed by atoms with Crippen molar-refractivity contribution in [2.45, 2.75) is 123 Å². The quantitative estimate of drug-likeness (QED) is 0.479. The molecule has 3 saturated carbocycles. The molecule has 0 bridgehead atoms. The molecule has 3 fully saturated rings. The van der Waals surface area contributed by atoms with Gasteiger partial charge in [0.2, 0.25) is 0 Å². The number of hydrogen-bond acceptors (Lipinski definition) is 6. The SMILES string of the molecule is CC(=O)OC(CCC(C)(C)O)C(C)C1CCC2(O)C3=CC(=O)C4CC(O)CCC4(C)C3CCC12C. The highest BCUT2D eigenvalue weighted by atomic mass is 16.5. The average molecular weight is 491 g/mol. The number of aliphatic hydroxyl groups is 3. The van der Waals surface area contributed by atoms with Gasteiger partial charge in [-0.2, -0.15) is 0 Å². The molecule has 4 aliphatic rings. The largest absolute Gasteiger partial charge is 0.462 e. The molecule has 0 aromatic carbocycles. The van der Waals surface area contributed by atoms with Gasteiger partial charge in [0.25, 0.3) is 0 Å². The van der Waals surface area contributed by atoms with Crippen LogP contribution in [0, 0.1) is 34.5 Å². The molecule has 9 atom stereocenters. The molecule has 0 spiro atoms. The van der Waals surface area contributed by atoms with Crippen molar-refractivity contribution in [1.29, 1.82) is 0 Å². The van der Waals surface area contributed by atoms with Crippen LogP contribution >= 0.6 is 0 Å². The fourth-order valence-corrected chi connectivity index (χ4v) is 8.60. The van der Waals surface area contributed by atoms with Crippen molar-refractivity contribution in [3.05, 3.63) is 11.6 Å². The molecule has 0 radical (unpaired) electrons. The van der Waals surface area contributed by atoms with Gasteiger partial charge in [-0.25, -0.2) is 0 Å². The van der Waals surface area contributed by atoms with Crippen LogP contribution in [0.5, 0.6) is 0 Å². The Morgan fingerprint density at radius 2 is 1.86 bits per heavy atom. The van der Waals surface area contributed by atoms with Gasteiger partial charge in [-0.15, -0.1) is 0 Å². The number of allylic oxidation sites excluding steroid dienone is 1. The lowest BCUT2D eigenvalue weighted by atomic mass is 9.46. The lowest BCUT2D eigenvalue weighted by Gasteiger charge is -2.59. The second-order valence-electron chi connectivity index (χ2n) is 13.4. The summed E-state index contributed by atoms with van der Waals surface area (Å²) in [5, 5.41) is 32.9. The summed E-state index contributed by atoms with van der Waals surface area (Å²) < 4.78 is 5.77. The standard InChI is InChI=1S/C29H46O6/c1-17(25(35-18(2)30)10-11-26(3,4)33)20-9-14-29(34)22-16-24(32)23-15-19(31)7-12-27(23,5)21(22)8-13-28(20,29)6/h16-17,19-21,23,25,31,33-34H,7-15H2,1-6H3. The van der Waals surface area contributed by atoms with Gasteiger partial charge < -0.3 is 20.1 Å². The van der Waals surface area contributed by atoms with E-state index in [1.807, 2.05) is 0 Å². The highest BCUT2D eigenvalue weighted by molar-refractivity contribution is 5.95. The summed E-state index contributed by atoms with van der Waals surface area (Å²) in [5.41, 5.74) is -1.61. The van der Waals surface area contributed by atoms with Gasteiger partial charge in [0.1, 0.15) is 6.10 Å². The molecule has 0 heterocycles. The van der Waals surface area contributed by atoms with Crippen molar-refractivity contribution in [2.75, 3.05) is 0 Å². The molecule has 6 heteroatoms. The second kappa shape index (κ2) is 8.95. The van der Waals surface area contributed by atoms with Crippen LogP contribution in [-0.4, -0.2) is 50.5 Å². The van der Waals surface area contributed by atoms with Crippen molar-refractivity contribution in [3.8, 4) is 0 Å². The number of esters is 1. The average Bonchev–Trinajstić information content (AvgIpc) is 3.03. The summed E-state index contributed by atoms with van der Waals surface area (Å²) in [4.78, 5) is 25.3. The second-order valence-corrected chi connectivity index (χ2v) is 13.4. The lowest BCUT2D eigenvalue weighted by Crippen LogP contribution is -2.59. The molecule has 0 aromatic heterocycles. The third kappa shape index (κ3) is 4.42. The maximum absolute atomic E-state index is 13.3. The smallest absolute Gasteiger partial charge is 0.302 e. The monoisotopic (exact) mass is 490 g/mol. The van der Waals surface area contributed by atoms with E-state index in [1.165, 1.54) is 6.92 Å². The van der Waals surface area contributed by atoms with Gasteiger partial charge in [-0.3, -0.25) is 9.59 Å². The predicted molar refractivity (Wildman–Crippen MR) is 133 cm³/mol. The molecule has 0 amide bonds. The molecule has 0 aliphatic heterocycles. The maximum Gasteiger partial charge on any atom is 0.302 e. The molecule has 0 aromatic rings. The Morgan fingerprint density at radius 1 is 1.17 bits per heavy atom. The summed E-state index contributed by atoms with van der Waals surface area (Å²) in [6.45, 7) is 11.5. The molecular weight excluding hydrogens is 444 g/mol. The number of ketones is 1. The van der Waals surface area contributed by atoms with Gasteiger partial charge in [0.05, 0.1) is 17.3 Å². The Morgan fingerprint density at radius 3 is 2.49 bits per heavy atom. The van der Waals surface area contributed by atoms with Gasteiger partial charge in [-0.1, -0.05) is 20.8 Å². The van der Waals surface area contributed by atoms with Gasteiger partial charge in [-0.05, 0) is 106 Å². The molecule has 9 unspecified atom stereocenters. The van der Waals surface area contributed by atoms with E-state index in [-0.39, 0.29) is 46.9 Å². The van der Waals surface area contributed by atoms with E-state index in [1.54, 1.807) is 19.9 Å². The molecule has 4 rings (SSSR count). The Bertz CT molecular complexity index is 888. The highest BCUT2D eigenvalue weighted by Gasteiger charge is 2.66. The zero-order valence-electron chi connectivity index (χ0n) is 22.5. The summed E-state index contributed by atoms with van der Waals surface area (Å²) in [6.07, 6.45) is 7.35. The molecule has 198 valence electrons. The van der Waals surface area contributed by atoms with Gasteiger partial charge in [0, 0.05) is 18.3 Å². The minimum Gasteiger partial charge on any atom is -0.462 e. The van der Waals surface area contributed by atoms with E-state index in [4.69, 9.17) is 4.74 Å². The normalized spacial score (nSPS) is 42.9. The van der Waals surface area contributed by atoms with E-state index in [9.17, 15) is 24.9 Å². The zero-order chi connectivity index (χ0) is 26.0. The summed E-state index contributed by atoms with van der Waals surface area (Å²) in [7, 11) is 0. The molecule has 6 nitrogen and oxygen atoms in total. The number of hydrogen-bond donors (Lipinski definition) is 3. The zero-order valence-corrected chi connectivity index (χ0v) is 22.5. The van der Waals surface area contributed by atoms with Crippen LogP contribution in [0.4, 0.5) is 0 Å². The van der Waals surface area contributed by atoms with E-state index >= 15 is 0 Å². The van der Waals surface area contributed by atoms with E-state index in [0.717, 1.165) is 31.3 Å². The van der Waals surface area contributed by atoms with Crippen LogP contribution < -0.4 is 0 Å². The van der Waals surface area contributed by atoms with Gasteiger partial charge >= 0.3 is 5.97 Å². The number of aliphatic hydroxyl groups excluding tert-OH is 1. The molecular formula is C29H46O6. The van der Waals surface area contributed by atoms with Crippen molar-refractivity contribution in [3.63, 3.8) is 0 Å². The topological polar surface area (TPSA) is 104 Å². The fourth-order valence-electron chi connectivity index (χ4n) is 8.60. The third-order valence-electron chi connectivity index (χ3n) is 10.7. The maximum atomic E-state index is 13.3. The lowest BCUT2D eigenvalue weighted by molar-refractivity contribution is -0.156. The highest BCUT2D eigenvalue weighted by Crippen LogP contribution is 2.68. The van der Waals surface area contributed by atoms with E-state index < -0.39 is 22.7 Å². The number of fused-ring (bicyclic) bond motifs is 5. The number of rotatable bonds is 6. The molecule has 0 saturated heterocycles. The molecule has 4 aliphatic carbocycles. The first-order valence-electron chi connectivity index (χ1n) is 13.7. The Labute approximate surface area is 210 Å². The van der Waals surface area contributed by atoms with Crippen LogP contribution in [0.2, 0.25) is 0 Å². The van der Waals surface area contributed by atoms with Crippen LogP contribution in [0.1, 0.15) is 99.3 Å². The minimum absolute atomic E-state index is 0.0184. The van der Waals surface area contributed by atoms with E-state index in [0.29, 0.717) is 32.1 Å². The Hall–Kier alpha value is -1.24. The molecule has 35 heavy (non-hydrogen) atoms. The Kier molecular flexibility index (Phi) is 6.86. The summed E-state index contributed by atoms with van der Waals surface area (Å²) in [5.74, 6) is -0.115. The van der Waals surface area contributed by atoms with Crippen molar-refractivity contribution in [2.24, 2.45) is 34.5 Å². The summed E-state index contributed by atoms with van der Waals surface area (Å²) in [6, 6.07) is 0. The number of carbonyl (C=O) groups excluding carboxylic acids is 2. The van der Waals surface area contributed by atoms with Crippen LogP contribution in [0.3, 0.4) is 0 Å². The first-order valence-corrected chi connectivity index (χ1v) is 13.7. The van der Waals surface area contributed by atoms with Crippen molar-refractivity contribution in [1.82, 2.24) is 0 Å². The van der Waals surface area contributed by atoms with Gasteiger partial charge in [0.15, 0.2) is 5.78 Å². The van der Waals surface area contributed by atoms with Crippen LogP contribution in [-0.2, 0) is 14.3 Å². The first kappa shape index (κ1) is 26.8.